The van der Waals surface area contributed by atoms with Gasteiger partial charge in [0, 0.05) is 19.1 Å². The summed E-state index contributed by atoms with van der Waals surface area (Å²) in [5, 5.41) is 17.7. The number of nitrogens with zero attached hydrogens (tertiary/aromatic N) is 3. The second-order valence-corrected chi connectivity index (χ2v) is 5.01. The van der Waals surface area contributed by atoms with Crippen molar-refractivity contribution in [1.82, 2.24) is 14.8 Å². The van der Waals surface area contributed by atoms with E-state index in [4.69, 9.17) is 4.74 Å². The molecule has 1 aliphatic carbocycles. The lowest BCUT2D eigenvalue weighted by Gasteiger charge is -2.23. The Kier molecular flexibility index (Phi) is 3.79. The predicted molar refractivity (Wildman–Crippen MR) is 63.6 cm³/mol. The number of hydrogen-bond acceptors (Lipinski definition) is 4. The Bertz CT molecular complexity index is 370. The van der Waals surface area contributed by atoms with Crippen LogP contribution in [0, 0.1) is 0 Å². The highest BCUT2D eigenvalue weighted by Crippen LogP contribution is 2.39. The summed E-state index contributed by atoms with van der Waals surface area (Å²) in [6, 6.07) is 0. The van der Waals surface area contributed by atoms with Gasteiger partial charge in [-0.25, -0.2) is 0 Å². The molecule has 1 N–H and O–H groups in total. The first-order chi connectivity index (χ1) is 8.21. The summed E-state index contributed by atoms with van der Waals surface area (Å²) in [5.74, 6) is 1.65. The van der Waals surface area contributed by atoms with Crippen molar-refractivity contribution in [3.63, 3.8) is 0 Å². The van der Waals surface area contributed by atoms with Crippen molar-refractivity contribution < 1.29 is 9.84 Å². The first-order valence-electron chi connectivity index (χ1n) is 6.23. The second kappa shape index (κ2) is 5.14. The third-order valence-corrected chi connectivity index (χ3v) is 3.73. The molecule has 0 unspecified atom stereocenters. The van der Waals surface area contributed by atoms with Crippen LogP contribution in [0.4, 0.5) is 0 Å². The molecule has 1 aromatic heterocycles. The van der Waals surface area contributed by atoms with E-state index in [-0.39, 0.29) is 12.0 Å². The summed E-state index contributed by atoms with van der Waals surface area (Å²) in [5.41, 5.74) is 0.119. The van der Waals surface area contributed by atoms with Gasteiger partial charge >= 0.3 is 0 Å². The summed E-state index contributed by atoms with van der Waals surface area (Å²) in [6.07, 6.45) is 4.82. The third-order valence-electron chi connectivity index (χ3n) is 3.73. The van der Waals surface area contributed by atoms with Crippen LogP contribution in [0.25, 0.3) is 0 Å². The van der Waals surface area contributed by atoms with Gasteiger partial charge in [0.1, 0.15) is 12.4 Å². The van der Waals surface area contributed by atoms with E-state index in [1.807, 2.05) is 4.57 Å². The molecule has 17 heavy (non-hydrogen) atoms. The summed E-state index contributed by atoms with van der Waals surface area (Å²) in [6.45, 7) is 3.51. The summed E-state index contributed by atoms with van der Waals surface area (Å²) in [4.78, 5) is 0. The molecule has 0 spiro atoms. The van der Waals surface area contributed by atoms with Crippen molar-refractivity contribution in [2.75, 3.05) is 13.7 Å². The normalized spacial score (nSPS) is 18.8. The van der Waals surface area contributed by atoms with Gasteiger partial charge in [-0.3, -0.25) is 0 Å². The van der Waals surface area contributed by atoms with Crippen LogP contribution in [0.3, 0.4) is 0 Å². The van der Waals surface area contributed by atoms with Crippen LogP contribution >= 0.6 is 0 Å². The molecule has 0 saturated heterocycles. The first kappa shape index (κ1) is 12.5. The highest BCUT2D eigenvalue weighted by atomic mass is 16.5. The lowest BCUT2D eigenvalue weighted by molar-refractivity contribution is 0.179. The van der Waals surface area contributed by atoms with E-state index in [0.29, 0.717) is 19.0 Å². The molecule has 0 radical (unpaired) electrons. The maximum absolute atomic E-state index is 9.29. The topological polar surface area (TPSA) is 60.2 Å². The minimum absolute atomic E-state index is 0.0627. The molecule has 0 aromatic carbocycles. The Morgan fingerprint density at radius 3 is 2.65 bits per heavy atom. The van der Waals surface area contributed by atoms with Gasteiger partial charge in [-0.15, -0.1) is 10.2 Å². The molecule has 1 heterocycles. The standard InChI is InChI=1S/C12H21N3O2/c1-12(5-3-4-6-12)11-14-13-10(9-16)15(11)7-8-17-2/h16H,3-9H2,1-2H3. The molecule has 0 aliphatic heterocycles. The largest absolute Gasteiger partial charge is 0.388 e. The van der Waals surface area contributed by atoms with Gasteiger partial charge in [-0.1, -0.05) is 19.8 Å². The molecule has 0 amide bonds. The van der Waals surface area contributed by atoms with Crippen molar-refractivity contribution in [2.24, 2.45) is 0 Å². The Balaban J connectivity index is 2.29. The van der Waals surface area contributed by atoms with Crippen molar-refractivity contribution in [1.29, 1.82) is 0 Å². The number of aromatic nitrogens is 3. The molecular weight excluding hydrogens is 218 g/mol. The van der Waals surface area contributed by atoms with E-state index in [9.17, 15) is 5.11 Å². The van der Waals surface area contributed by atoms with Gasteiger partial charge in [-0.05, 0) is 12.8 Å². The van der Waals surface area contributed by atoms with E-state index < -0.39 is 0 Å². The number of rotatable bonds is 5. The maximum atomic E-state index is 9.29. The van der Waals surface area contributed by atoms with Crippen LogP contribution in [0.2, 0.25) is 0 Å². The van der Waals surface area contributed by atoms with E-state index >= 15 is 0 Å². The molecule has 5 heteroatoms. The van der Waals surface area contributed by atoms with Gasteiger partial charge < -0.3 is 14.4 Å². The Morgan fingerprint density at radius 2 is 2.06 bits per heavy atom. The van der Waals surface area contributed by atoms with Crippen molar-refractivity contribution in [3.8, 4) is 0 Å². The highest BCUT2D eigenvalue weighted by Gasteiger charge is 2.35. The van der Waals surface area contributed by atoms with Crippen molar-refractivity contribution >= 4 is 0 Å². The van der Waals surface area contributed by atoms with Gasteiger partial charge in [-0.2, -0.15) is 0 Å². The molecule has 1 fully saturated rings. The average Bonchev–Trinajstić information content (AvgIpc) is 2.93. The second-order valence-electron chi connectivity index (χ2n) is 5.01. The minimum Gasteiger partial charge on any atom is -0.388 e. The average molecular weight is 239 g/mol. The van der Waals surface area contributed by atoms with Gasteiger partial charge in [0.05, 0.1) is 6.61 Å². The zero-order valence-electron chi connectivity index (χ0n) is 10.6. The molecule has 1 saturated carbocycles. The number of aliphatic hydroxyl groups excluding tert-OH is 1. The lowest BCUT2D eigenvalue weighted by atomic mass is 9.88. The smallest absolute Gasteiger partial charge is 0.158 e. The molecular formula is C12H21N3O2. The maximum Gasteiger partial charge on any atom is 0.158 e. The summed E-state index contributed by atoms with van der Waals surface area (Å²) < 4.78 is 7.13. The molecule has 2 rings (SSSR count). The predicted octanol–water partition coefficient (Wildman–Crippen LogP) is 1.25. The summed E-state index contributed by atoms with van der Waals surface area (Å²) in [7, 11) is 1.68. The SMILES string of the molecule is COCCn1c(CO)nnc1C1(C)CCCC1. The molecule has 1 aromatic rings. The highest BCUT2D eigenvalue weighted by molar-refractivity contribution is 5.11. The molecule has 5 nitrogen and oxygen atoms in total. The fourth-order valence-electron chi connectivity index (χ4n) is 2.70. The fourth-order valence-corrected chi connectivity index (χ4v) is 2.70. The number of hydrogen-bond donors (Lipinski definition) is 1. The lowest BCUT2D eigenvalue weighted by Crippen LogP contribution is -2.25. The van der Waals surface area contributed by atoms with Gasteiger partial charge in [0.25, 0.3) is 0 Å². The van der Waals surface area contributed by atoms with E-state index in [2.05, 4.69) is 17.1 Å². The van der Waals surface area contributed by atoms with Gasteiger partial charge in [0.2, 0.25) is 0 Å². The monoisotopic (exact) mass is 239 g/mol. The third kappa shape index (κ3) is 2.35. The molecule has 96 valence electrons. The van der Waals surface area contributed by atoms with Crippen molar-refractivity contribution in [3.05, 3.63) is 11.6 Å². The Hall–Kier alpha value is -0.940. The summed E-state index contributed by atoms with van der Waals surface area (Å²) >= 11 is 0. The van der Waals surface area contributed by atoms with E-state index in [0.717, 1.165) is 18.7 Å². The van der Waals surface area contributed by atoms with Crippen LogP contribution in [0.5, 0.6) is 0 Å². The molecule has 0 bridgehead atoms. The van der Waals surface area contributed by atoms with Gasteiger partial charge in [0.15, 0.2) is 5.82 Å². The molecule has 0 atom stereocenters. The number of aliphatic hydroxyl groups is 1. The molecule has 1 aliphatic rings. The van der Waals surface area contributed by atoms with Crippen LogP contribution in [0.15, 0.2) is 0 Å². The first-order valence-corrected chi connectivity index (χ1v) is 6.23. The van der Waals surface area contributed by atoms with E-state index in [1.165, 1.54) is 12.8 Å². The quantitative estimate of drug-likeness (QED) is 0.840. The zero-order valence-corrected chi connectivity index (χ0v) is 10.6. The number of ether oxygens (including phenoxy) is 1. The van der Waals surface area contributed by atoms with Crippen molar-refractivity contribution in [2.45, 2.75) is 51.2 Å². The number of methoxy groups -OCH3 is 1. The fraction of sp³-hybridized carbons (Fsp3) is 0.833. The van der Waals surface area contributed by atoms with Crippen LogP contribution in [-0.2, 0) is 23.3 Å². The van der Waals surface area contributed by atoms with Crippen LogP contribution < -0.4 is 0 Å². The van der Waals surface area contributed by atoms with Crippen LogP contribution in [-0.4, -0.2) is 33.6 Å². The van der Waals surface area contributed by atoms with Crippen LogP contribution in [0.1, 0.15) is 44.3 Å². The Morgan fingerprint density at radius 1 is 1.35 bits per heavy atom. The van der Waals surface area contributed by atoms with E-state index in [1.54, 1.807) is 7.11 Å². The Labute approximate surface area is 102 Å². The minimum atomic E-state index is -0.0627. The zero-order chi connectivity index (χ0) is 12.3.